The Morgan fingerprint density at radius 2 is 1.21 bits per heavy atom. The van der Waals surface area contributed by atoms with E-state index in [9.17, 15) is 24.2 Å². The van der Waals surface area contributed by atoms with E-state index in [4.69, 9.17) is 9.47 Å². The second-order valence-corrected chi connectivity index (χ2v) is 13.3. The number of carbonyl (C=O) groups excluding carboxylic acids is 3. The van der Waals surface area contributed by atoms with Crippen LogP contribution in [0.25, 0.3) is 0 Å². The van der Waals surface area contributed by atoms with Crippen LogP contribution in [0.5, 0.6) is 0 Å². The largest absolute Gasteiger partial charge is 0.465 e. The molecule has 0 heterocycles. The summed E-state index contributed by atoms with van der Waals surface area (Å²) in [5, 5.41) is 15.9. The molecule has 0 aromatic heterocycles. The molecule has 0 rings (SSSR count). The third kappa shape index (κ3) is 17.2. The first-order chi connectivity index (χ1) is 17.8. The standard InChI is InChI=1S/C27H54N3O7P/c1-8-10-12-16-36-26(32)23(19-21(3)4)28-38(35,18-14-15-25(31)30(7)34)29-24(20-22(5)6)27(33)37-17-13-11-9-2/h21-24,34H,8-20H2,1-7H3,(H2,28,29,35)/t23-,24-/m0/s1. The van der Waals surface area contributed by atoms with E-state index in [1.807, 2.05) is 27.7 Å². The fourth-order valence-electron chi connectivity index (χ4n) is 3.88. The second kappa shape index (κ2) is 20.4. The summed E-state index contributed by atoms with van der Waals surface area (Å²) in [6, 6.07) is -1.68. The Morgan fingerprint density at radius 3 is 1.55 bits per heavy atom. The maximum atomic E-state index is 14.3. The first kappa shape index (κ1) is 36.5. The molecule has 1 amide bonds. The summed E-state index contributed by atoms with van der Waals surface area (Å²) in [5.74, 6) is -1.25. The molecule has 38 heavy (non-hydrogen) atoms. The molecule has 0 aromatic rings. The van der Waals surface area contributed by atoms with E-state index in [0.29, 0.717) is 17.9 Å². The number of hydrogen-bond donors (Lipinski definition) is 3. The molecule has 11 heteroatoms. The fraction of sp³-hybridized carbons (Fsp3) is 0.889. The molecule has 0 aromatic carbocycles. The maximum absolute atomic E-state index is 14.3. The fourth-order valence-corrected chi connectivity index (χ4v) is 6.25. The highest BCUT2D eigenvalue weighted by molar-refractivity contribution is 7.59. The quantitative estimate of drug-likeness (QED) is 0.0528. The van der Waals surface area contributed by atoms with Gasteiger partial charge in [0, 0.05) is 19.6 Å². The maximum Gasteiger partial charge on any atom is 0.323 e. The molecule has 0 aliphatic carbocycles. The summed E-state index contributed by atoms with van der Waals surface area (Å²) in [5.41, 5.74) is 0. The van der Waals surface area contributed by atoms with Crippen LogP contribution >= 0.6 is 7.44 Å². The molecule has 0 unspecified atom stereocenters. The Kier molecular flexibility index (Phi) is 19.6. The molecule has 3 N–H and O–H groups in total. The van der Waals surface area contributed by atoms with E-state index in [0.717, 1.165) is 38.5 Å². The Hall–Kier alpha value is -1.48. The van der Waals surface area contributed by atoms with E-state index in [1.165, 1.54) is 7.05 Å². The molecule has 0 aliphatic heterocycles. The molecule has 0 bridgehead atoms. The Labute approximate surface area is 230 Å². The van der Waals surface area contributed by atoms with Gasteiger partial charge in [0.25, 0.3) is 0 Å². The summed E-state index contributed by atoms with van der Waals surface area (Å²) >= 11 is 0. The van der Waals surface area contributed by atoms with Gasteiger partial charge in [0.15, 0.2) is 0 Å². The Bertz CT molecular complexity index is 687. The highest BCUT2D eigenvalue weighted by Gasteiger charge is 2.35. The van der Waals surface area contributed by atoms with Crippen molar-refractivity contribution >= 4 is 25.3 Å². The van der Waals surface area contributed by atoms with Gasteiger partial charge in [-0.2, -0.15) is 0 Å². The first-order valence-corrected chi connectivity index (χ1v) is 16.2. The van der Waals surface area contributed by atoms with Crippen LogP contribution in [0, 0.1) is 11.8 Å². The van der Waals surface area contributed by atoms with Crippen molar-refractivity contribution in [3.05, 3.63) is 0 Å². The minimum Gasteiger partial charge on any atom is -0.465 e. The smallest absolute Gasteiger partial charge is 0.323 e. The number of unbranched alkanes of at least 4 members (excludes halogenated alkanes) is 4. The van der Waals surface area contributed by atoms with Crippen LogP contribution in [0.4, 0.5) is 0 Å². The van der Waals surface area contributed by atoms with Gasteiger partial charge in [-0.05, 0) is 43.9 Å². The molecular formula is C27H54N3O7P. The van der Waals surface area contributed by atoms with Crippen LogP contribution in [0.2, 0.25) is 0 Å². The van der Waals surface area contributed by atoms with Gasteiger partial charge in [-0.1, -0.05) is 67.2 Å². The Morgan fingerprint density at radius 1 is 0.789 bits per heavy atom. The highest BCUT2D eigenvalue weighted by atomic mass is 31.2. The number of nitrogens with one attached hydrogen (secondary N) is 2. The van der Waals surface area contributed by atoms with Gasteiger partial charge >= 0.3 is 11.9 Å². The van der Waals surface area contributed by atoms with Gasteiger partial charge in [-0.15, -0.1) is 0 Å². The number of nitrogens with zero attached hydrogens (tertiary/aromatic N) is 1. The number of hydroxylamine groups is 2. The second-order valence-electron chi connectivity index (χ2n) is 10.9. The zero-order valence-corrected chi connectivity index (χ0v) is 25.7. The average Bonchev–Trinajstić information content (AvgIpc) is 2.82. The zero-order chi connectivity index (χ0) is 29.1. The molecule has 0 aliphatic rings. The lowest BCUT2D eigenvalue weighted by atomic mass is 10.0. The Balaban J connectivity index is 5.83. The molecule has 2 atom stereocenters. The van der Waals surface area contributed by atoms with Gasteiger partial charge < -0.3 is 9.47 Å². The summed E-state index contributed by atoms with van der Waals surface area (Å²) in [7, 11) is -2.35. The lowest BCUT2D eigenvalue weighted by molar-refractivity contribution is -0.159. The van der Waals surface area contributed by atoms with Crippen LogP contribution in [0.15, 0.2) is 0 Å². The van der Waals surface area contributed by atoms with Crippen LogP contribution < -0.4 is 10.2 Å². The first-order valence-electron chi connectivity index (χ1n) is 14.3. The number of ether oxygens (including phenoxy) is 2. The highest BCUT2D eigenvalue weighted by Crippen LogP contribution is 2.40. The van der Waals surface area contributed by atoms with Crippen LogP contribution in [0.3, 0.4) is 0 Å². The molecule has 224 valence electrons. The van der Waals surface area contributed by atoms with Crippen LogP contribution in [0.1, 0.15) is 106 Å². The van der Waals surface area contributed by atoms with Crippen molar-refractivity contribution in [1.29, 1.82) is 0 Å². The number of esters is 2. The topological polar surface area (TPSA) is 134 Å². The third-order valence-electron chi connectivity index (χ3n) is 5.92. The van der Waals surface area contributed by atoms with Crippen molar-refractivity contribution in [3.8, 4) is 0 Å². The predicted molar refractivity (Wildman–Crippen MR) is 150 cm³/mol. The molecule has 10 nitrogen and oxygen atoms in total. The van der Waals surface area contributed by atoms with Crippen LogP contribution in [-0.4, -0.2) is 66.6 Å². The molecule has 0 radical (unpaired) electrons. The van der Waals surface area contributed by atoms with E-state index in [2.05, 4.69) is 24.0 Å². The van der Waals surface area contributed by atoms with Gasteiger partial charge in [-0.25, -0.2) is 15.2 Å². The lowest BCUT2D eigenvalue weighted by Crippen LogP contribution is -2.45. The number of carbonyl (C=O) groups is 3. The number of rotatable bonds is 22. The monoisotopic (exact) mass is 563 g/mol. The van der Waals surface area contributed by atoms with Gasteiger partial charge in [-0.3, -0.25) is 24.2 Å². The van der Waals surface area contributed by atoms with Crippen molar-refractivity contribution in [2.45, 2.75) is 118 Å². The predicted octanol–water partition coefficient (Wildman–Crippen LogP) is 5.28. The van der Waals surface area contributed by atoms with E-state index in [-0.39, 0.29) is 44.1 Å². The van der Waals surface area contributed by atoms with Crippen molar-refractivity contribution < 1.29 is 33.6 Å². The molecule has 0 spiro atoms. The van der Waals surface area contributed by atoms with E-state index < -0.39 is 37.4 Å². The zero-order valence-electron chi connectivity index (χ0n) is 24.8. The van der Waals surface area contributed by atoms with Gasteiger partial charge in [0.05, 0.1) is 13.2 Å². The van der Waals surface area contributed by atoms with Crippen molar-refractivity contribution in [1.82, 2.24) is 15.2 Å². The van der Waals surface area contributed by atoms with Crippen LogP contribution in [-0.2, 0) is 28.4 Å². The minimum atomic E-state index is -3.58. The summed E-state index contributed by atoms with van der Waals surface area (Å²) < 4.78 is 25.3. The SMILES string of the molecule is CCCCCOC(=O)[C@H](CC(C)C)NP(=O)(CCCC(=O)N(C)O)N[C@@H](CC(C)C)C(=O)OCCCCC. The van der Waals surface area contributed by atoms with Gasteiger partial charge in [0.2, 0.25) is 13.4 Å². The molecule has 0 saturated carbocycles. The van der Waals surface area contributed by atoms with Crippen molar-refractivity contribution in [2.24, 2.45) is 11.8 Å². The minimum absolute atomic E-state index is 0.00198. The lowest BCUT2D eigenvalue weighted by Gasteiger charge is -2.30. The van der Waals surface area contributed by atoms with Crippen molar-refractivity contribution in [3.63, 3.8) is 0 Å². The summed E-state index contributed by atoms with van der Waals surface area (Å²) in [4.78, 5) is 37.9. The summed E-state index contributed by atoms with van der Waals surface area (Å²) in [6.45, 7) is 12.6. The average molecular weight is 564 g/mol. The molecule has 0 saturated heterocycles. The van der Waals surface area contributed by atoms with Gasteiger partial charge in [0.1, 0.15) is 12.1 Å². The number of hydrogen-bond acceptors (Lipinski definition) is 7. The molecule has 0 fully saturated rings. The normalized spacial score (nSPS) is 13.4. The summed E-state index contributed by atoms with van der Waals surface area (Å²) in [6.07, 6.45) is 6.33. The van der Waals surface area contributed by atoms with Crippen molar-refractivity contribution in [2.75, 3.05) is 26.4 Å². The van der Waals surface area contributed by atoms with E-state index in [1.54, 1.807) is 0 Å². The van der Waals surface area contributed by atoms with E-state index >= 15 is 0 Å². The molecular weight excluding hydrogens is 509 g/mol. The third-order valence-corrected chi connectivity index (χ3v) is 8.32. The number of amides is 1.